The molecule has 0 aliphatic heterocycles. The first-order chi connectivity index (χ1) is 8.67. The molecule has 18 heavy (non-hydrogen) atoms. The van der Waals surface area contributed by atoms with Crippen molar-refractivity contribution in [2.24, 2.45) is 0 Å². The Kier molecular flexibility index (Phi) is 5.26. The SMILES string of the molecule is C=CCc1cc(N)ccc1OCC(=O)NCC#N. The lowest BCUT2D eigenvalue weighted by atomic mass is 10.1. The van der Waals surface area contributed by atoms with Crippen LogP contribution in [0.2, 0.25) is 0 Å². The Hall–Kier alpha value is -2.48. The quantitative estimate of drug-likeness (QED) is 0.445. The molecule has 1 aromatic carbocycles. The van der Waals surface area contributed by atoms with Crippen molar-refractivity contribution in [2.75, 3.05) is 18.9 Å². The lowest BCUT2D eigenvalue weighted by Crippen LogP contribution is -2.29. The smallest absolute Gasteiger partial charge is 0.258 e. The van der Waals surface area contributed by atoms with E-state index >= 15 is 0 Å². The van der Waals surface area contributed by atoms with Crippen molar-refractivity contribution in [3.63, 3.8) is 0 Å². The molecule has 3 N–H and O–H groups in total. The molecule has 0 fully saturated rings. The maximum atomic E-state index is 11.3. The number of nitrogen functional groups attached to an aromatic ring is 1. The summed E-state index contributed by atoms with van der Waals surface area (Å²) in [5.41, 5.74) is 7.18. The summed E-state index contributed by atoms with van der Waals surface area (Å²) in [6.45, 7) is 3.50. The van der Waals surface area contributed by atoms with Crippen molar-refractivity contribution >= 4 is 11.6 Å². The Morgan fingerprint density at radius 1 is 1.61 bits per heavy atom. The highest BCUT2D eigenvalue weighted by Crippen LogP contribution is 2.22. The van der Waals surface area contributed by atoms with Crippen LogP contribution in [0, 0.1) is 11.3 Å². The Bertz CT molecular complexity index is 478. The molecule has 0 unspecified atom stereocenters. The van der Waals surface area contributed by atoms with Gasteiger partial charge in [-0.25, -0.2) is 0 Å². The van der Waals surface area contributed by atoms with Crippen LogP contribution in [0.3, 0.4) is 0 Å². The van der Waals surface area contributed by atoms with Crippen LogP contribution in [0.5, 0.6) is 5.75 Å². The number of ether oxygens (including phenoxy) is 1. The van der Waals surface area contributed by atoms with Gasteiger partial charge in [0.1, 0.15) is 12.3 Å². The number of nitrogens with one attached hydrogen (secondary N) is 1. The topological polar surface area (TPSA) is 88.1 Å². The van der Waals surface area contributed by atoms with E-state index in [1.165, 1.54) is 0 Å². The molecule has 0 bridgehead atoms. The van der Waals surface area contributed by atoms with E-state index in [2.05, 4.69) is 11.9 Å². The number of hydrogen-bond acceptors (Lipinski definition) is 4. The first-order valence-electron chi connectivity index (χ1n) is 5.43. The summed E-state index contributed by atoms with van der Waals surface area (Å²) in [6.07, 6.45) is 2.34. The summed E-state index contributed by atoms with van der Waals surface area (Å²) in [7, 11) is 0. The van der Waals surface area contributed by atoms with Gasteiger partial charge in [-0.2, -0.15) is 5.26 Å². The number of carbonyl (C=O) groups excluding carboxylic acids is 1. The van der Waals surface area contributed by atoms with Gasteiger partial charge >= 0.3 is 0 Å². The molecule has 0 aliphatic rings. The monoisotopic (exact) mass is 245 g/mol. The molecule has 0 aromatic heterocycles. The number of carbonyl (C=O) groups is 1. The molecule has 5 heteroatoms. The molecular weight excluding hydrogens is 230 g/mol. The number of allylic oxidation sites excluding steroid dienone is 1. The second-order valence-corrected chi connectivity index (χ2v) is 3.58. The van der Waals surface area contributed by atoms with Crippen molar-refractivity contribution in [3.8, 4) is 11.8 Å². The fraction of sp³-hybridized carbons (Fsp3) is 0.231. The van der Waals surface area contributed by atoms with Gasteiger partial charge in [0, 0.05) is 5.69 Å². The van der Waals surface area contributed by atoms with Crippen LogP contribution in [0.25, 0.3) is 0 Å². The average molecular weight is 245 g/mol. The Balaban J connectivity index is 2.64. The third kappa shape index (κ3) is 4.18. The molecule has 1 rings (SSSR count). The van der Waals surface area contributed by atoms with E-state index in [1.807, 2.05) is 6.07 Å². The summed E-state index contributed by atoms with van der Waals surface area (Å²) in [5.74, 6) is 0.258. The fourth-order valence-electron chi connectivity index (χ4n) is 1.39. The van der Waals surface area contributed by atoms with Crippen LogP contribution < -0.4 is 15.8 Å². The highest BCUT2D eigenvalue weighted by molar-refractivity contribution is 5.77. The number of nitrogens with zero attached hydrogens (tertiary/aromatic N) is 1. The van der Waals surface area contributed by atoms with Crippen LogP contribution in [-0.2, 0) is 11.2 Å². The predicted octanol–water partition coefficient (Wildman–Crippen LogP) is 1.02. The lowest BCUT2D eigenvalue weighted by molar-refractivity contribution is -0.122. The minimum absolute atomic E-state index is 0.0244. The highest BCUT2D eigenvalue weighted by Gasteiger charge is 2.06. The maximum absolute atomic E-state index is 11.3. The zero-order chi connectivity index (χ0) is 13.4. The number of anilines is 1. The van der Waals surface area contributed by atoms with E-state index in [0.29, 0.717) is 17.9 Å². The van der Waals surface area contributed by atoms with Gasteiger partial charge in [-0.15, -0.1) is 6.58 Å². The third-order valence-corrected chi connectivity index (χ3v) is 2.17. The van der Waals surface area contributed by atoms with Crippen molar-refractivity contribution in [1.29, 1.82) is 5.26 Å². The molecule has 5 nitrogen and oxygen atoms in total. The Labute approximate surface area is 106 Å². The highest BCUT2D eigenvalue weighted by atomic mass is 16.5. The van der Waals surface area contributed by atoms with Crippen molar-refractivity contribution in [1.82, 2.24) is 5.32 Å². The molecule has 0 saturated heterocycles. The number of amides is 1. The summed E-state index contributed by atoms with van der Waals surface area (Å²) in [6, 6.07) is 7.02. The van der Waals surface area contributed by atoms with E-state index < -0.39 is 0 Å². The van der Waals surface area contributed by atoms with Crippen LogP contribution in [0.1, 0.15) is 5.56 Å². The summed E-state index contributed by atoms with van der Waals surface area (Å²) >= 11 is 0. The predicted molar refractivity (Wildman–Crippen MR) is 68.9 cm³/mol. The first-order valence-corrected chi connectivity index (χ1v) is 5.43. The van der Waals surface area contributed by atoms with Gasteiger partial charge in [0.25, 0.3) is 5.91 Å². The van der Waals surface area contributed by atoms with Crippen LogP contribution in [0.4, 0.5) is 5.69 Å². The molecular formula is C13H15N3O2. The zero-order valence-corrected chi connectivity index (χ0v) is 9.98. The Morgan fingerprint density at radius 3 is 3.06 bits per heavy atom. The van der Waals surface area contributed by atoms with E-state index in [9.17, 15) is 4.79 Å². The third-order valence-electron chi connectivity index (χ3n) is 2.17. The van der Waals surface area contributed by atoms with Crippen LogP contribution in [-0.4, -0.2) is 19.1 Å². The largest absolute Gasteiger partial charge is 0.483 e. The van der Waals surface area contributed by atoms with Gasteiger partial charge in [0.2, 0.25) is 0 Å². The van der Waals surface area contributed by atoms with E-state index in [-0.39, 0.29) is 19.1 Å². The van der Waals surface area contributed by atoms with Crippen LogP contribution in [0.15, 0.2) is 30.9 Å². The fourth-order valence-corrected chi connectivity index (χ4v) is 1.39. The van der Waals surface area contributed by atoms with Gasteiger partial charge < -0.3 is 15.8 Å². The molecule has 0 aliphatic carbocycles. The van der Waals surface area contributed by atoms with Crippen molar-refractivity contribution in [3.05, 3.63) is 36.4 Å². The van der Waals surface area contributed by atoms with Gasteiger partial charge in [-0.1, -0.05) is 6.08 Å². The molecule has 0 radical (unpaired) electrons. The molecule has 0 heterocycles. The van der Waals surface area contributed by atoms with Gasteiger partial charge in [-0.3, -0.25) is 4.79 Å². The summed E-state index contributed by atoms with van der Waals surface area (Å²) < 4.78 is 5.38. The molecule has 0 saturated carbocycles. The normalized spacial score (nSPS) is 9.28. The summed E-state index contributed by atoms with van der Waals surface area (Å²) in [5, 5.41) is 10.7. The van der Waals surface area contributed by atoms with E-state index in [0.717, 1.165) is 5.56 Å². The standard InChI is InChI=1S/C13H15N3O2/c1-2-3-10-8-11(15)4-5-12(10)18-9-13(17)16-7-6-14/h2,4-5,8H,1,3,7,9,15H2,(H,16,17). The van der Waals surface area contributed by atoms with E-state index in [1.54, 1.807) is 24.3 Å². The second-order valence-electron chi connectivity index (χ2n) is 3.58. The second kappa shape index (κ2) is 6.97. The lowest BCUT2D eigenvalue weighted by Gasteiger charge is -2.10. The van der Waals surface area contributed by atoms with Gasteiger partial charge in [0.15, 0.2) is 6.61 Å². The molecule has 94 valence electrons. The molecule has 1 amide bonds. The molecule has 1 aromatic rings. The minimum Gasteiger partial charge on any atom is -0.483 e. The average Bonchev–Trinajstić information content (AvgIpc) is 2.36. The van der Waals surface area contributed by atoms with Crippen molar-refractivity contribution < 1.29 is 9.53 Å². The Morgan fingerprint density at radius 2 is 2.39 bits per heavy atom. The number of nitriles is 1. The molecule has 0 spiro atoms. The molecule has 0 atom stereocenters. The van der Waals surface area contributed by atoms with Crippen molar-refractivity contribution in [2.45, 2.75) is 6.42 Å². The number of benzene rings is 1. The van der Waals surface area contributed by atoms with E-state index in [4.69, 9.17) is 15.7 Å². The van der Waals surface area contributed by atoms with Gasteiger partial charge in [0.05, 0.1) is 6.07 Å². The van der Waals surface area contributed by atoms with Crippen LogP contribution >= 0.6 is 0 Å². The number of rotatable bonds is 6. The number of nitrogens with two attached hydrogens (primary N) is 1. The summed E-state index contributed by atoms with van der Waals surface area (Å²) in [4.78, 5) is 11.3. The first kappa shape index (κ1) is 13.6. The minimum atomic E-state index is -0.335. The zero-order valence-electron chi connectivity index (χ0n) is 9.98. The van der Waals surface area contributed by atoms with Gasteiger partial charge in [-0.05, 0) is 30.2 Å². The number of hydrogen-bond donors (Lipinski definition) is 2. The maximum Gasteiger partial charge on any atom is 0.258 e.